The molecule has 0 saturated carbocycles. The maximum atomic E-state index is 12.4. The first-order valence-corrected chi connectivity index (χ1v) is 8.31. The van der Waals surface area contributed by atoms with Gasteiger partial charge in [0, 0.05) is 29.9 Å². The van der Waals surface area contributed by atoms with Crippen molar-refractivity contribution in [2.45, 2.75) is 38.9 Å². The number of aromatic nitrogens is 2. The van der Waals surface area contributed by atoms with Crippen molar-refractivity contribution in [3.63, 3.8) is 0 Å². The summed E-state index contributed by atoms with van der Waals surface area (Å²) in [6.07, 6.45) is 1.51. The number of hydrogen-bond acceptors (Lipinski definition) is 6. The Balaban J connectivity index is 1.61. The van der Waals surface area contributed by atoms with E-state index in [1.807, 2.05) is 31.2 Å². The Hall–Kier alpha value is -2.25. The molecule has 2 aromatic rings. The predicted octanol–water partition coefficient (Wildman–Crippen LogP) is 1.05. The molecule has 4 N–H and O–H groups in total. The number of rotatable bonds is 5. The standard InChI is InChI=1S/C17H24N6O/c1-10-14(11(2)23-22-10)8-18-17(24)12(3)21-16-13-6-4-5-7-15(13)19-9-20-16/h4-7,9-12,14,22-23H,8H2,1-3H3,(H,18,24)(H,19,20,21). The fraction of sp³-hybridized carbons (Fsp3) is 0.471. The lowest BCUT2D eigenvalue weighted by molar-refractivity contribution is -0.121. The van der Waals surface area contributed by atoms with E-state index >= 15 is 0 Å². The molecule has 1 aromatic carbocycles. The van der Waals surface area contributed by atoms with Gasteiger partial charge >= 0.3 is 0 Å². The minimum absolute atomic E-state index is 0.0380. The summed E-state index contributed by atoms with van der Waals surface area (Å²) in [5, 5.41) is 7.13. The molecule has 3 atom stereocenters. The van der Waals surface area contributed by atoms with Crippen molar-refractivity contribution in [2.24, 2.45) is 5.92 Å². The van der Waals surface area contributed by atoms with E-state index in [0.29, 0.717) is 30.4 Å². The van der Waals surface area contributed by atoms with Gasteiger partial charge in [-0.05, 0) is 32.9 Å². The number of nitrogens with one attached hydrogen (secondary N) is 4. The minimum atomic E-state index is -0.378. The summed E-state index contributed by atoms with van der Waals surface area (Å²) in [6, 6.07) is 8.02. The summed E-state index contributed by atoms with van der Waals surface area (Å²) < 4.78 is 0. The van der Waals surface area contributed by atoms with Gasteiger partial charge in [0.05, 0.1) is 5.52 Å². The first-order chi connectivity index (χ1) is 11.6. The zero-order valence-electron chi connectivity index (χ0n) is 14.2. The van der Waals surface area contributed by atoms with Crippen molar-refractivity contribution < 1.29 is 4.79 Å². The van der Waals surface area contributed by atoms with Gasteiger partial charge < -0.3 is 10.6 Å². The van der Waals surface area contributed by atoms with Crippen molar-refractivity contribution in [3.8, 4) is 0 Å². The molecule has 0 bridgehead atoms. The van der Waals surface area contributed by atoms with Crippen molar-refractivity contribution in [1.29, 1.82) is 0 Å². The van der Waals surface area contributed by atoms with Gasteiger partial charge in [-0.2, -0.15) is 0 Å². The number of nitrogens with zero attached hydrogens (tertiary/aromatic N) is 2. The van der Waals surface area contributed by atoms with Gasteiger partial charge in [0.15, 0.2) is 0 Å². The molecule has 128 valence electrons. The molecule has 1 saturated heterocycles. The molecule has 3 unspecified atom stereocenters. The molecule has 1 amide bonds. The Morgan fingerprint density at radius 1 is 1.21 bits per heavy atom. The number of carbonyl (C=O) groups excluding carboxylic acids is 1. The maximum Gasteiger partial charge on any atom is 0.242 e. The van der Waals surface area contributed by atoms with Crippen LogP contribution in [0.25, 0.3) is 10.9 Å². The lowest BCUT2D eigenvalue weighted by Crippen LogP contribution is -2.43. The van der Waals surface area contributed by atoms with E-state index in [9.17, 15) is 4.79 Å². The summed E-state index contributed by atoms with van der Waals surface area (Å²) in [5.41, 5.74) is 7.25. The van der Waals surface area contributed by atoms with E-state index in [4.69, 9.17) is 0 Å². The molecule has 1 aliphatic rings. The lowest BCUT2D eigenvalue weighted by Gasteiger charge is -2.21. The molecule has 1 aromatic heterocycles. The normalized spacial score (nSPS) is 24.7. The third-order valence-corrected chi connectivity index (χ3v) is 4.62. The molecule has 0 radical (unpaired) electrons. The summed E-state index contributed by atoms with van der Waals surface area (Å²) in [6.45, 7) is 6.70. The number of benzene rings is 1. The van der Waals surface area contributed by atoms with Gasteiger partial charge in [-0.15, -0.1) is 0 Å². The number of para-hydroxylation sites is 1. The van der Waals surface area contributed by atoms with Gasteiger partial charge in [-0.25, -0.2) is 9.97 Å². The Bertz CT molecular complexity index is 706. The highest BCUT2D eigenvalue weighted by molar-refractivity contribution is 5.91. The molecular weight excluding hydrogens is 304 g/mol. The number of anilines is 1. The summed E-state index contributed by atoms with van der Waals surface area (Å²) in [5.74, 6) is 0.999. The molecule has 0 aliphatic carbocycles. The average molecular weight is 328 g/mol. The molecule has 2 heterocycles. The van der Waals surface area contributed by atoms with Crippen molar-refractivity contribution >= 4 is 22.6 Å². The first kappa shape index (κ1) is 16.6. The number of amides is 1. The van der Waals surface area contributed by atoms with Crippen LogP contribution >= 0.6 is 0 Å². The Morgan fingerprint density at radius 2 is 1.92 bits per heavy atom. The van der Waals surface area contributed by atoms with Crippen LogP contribution in [0.4, 0.5) is 5.82 Å². The molecule has 24 heavy (non-hydrogen) atoms. The van der Waals surface area contributed by atoms with Crippen LogP contribution in [0.1, 0.15) is 20.8 Å². The number of fused-ring (bicyclic) bond motifs is 1. The summed E-state index contributed by atoms with van der Waals surface area (Å²) >= 11 is 0. The van der Waals surface area contributed by atoms with E-state index in [0.717, 1.165) is 10.9 Å². The molecule has 1 aliphatic heterocycles. The third-order valence-electron chi connectivity index (χ3n) is 4.62. The van der Waals surface area contributed by atoms with Crippen LogP contribution in [0.3, 0.4) is 0 Å². The van der Waals surface area contributed by atoms with Crippen LogP contribution in [-0.4, -0.2) is 40.5 Å². The molecule has 0 spiro atoms. The summed E-state index contributed by atoms with van der Waals surface area (Å²) in [7, 11) is 0. The second-order valence-corrected chi connectivity index (χ2v) is 6.38. The smallest absolute Gasteiger partial charge is 0.242 e. The Morgan fingerprint density at radius 3 is 2.67 bits per heavy atom. The van der Waals surface area contributed by atoms with Gasteiger partial charge in [0.1, 0.15) is 18.2 Å². The number of hydrogen-bond donors (Lipinski definition) is 4. The molecular formula is C17H24N6O. The molecule has 7 nitrogen and oxygen atoms in total. The van der Waals surface area contributed by atoms with Crippen LogP contribution in [0.2, 0.25) is 0 Å². The zero-order chi connectivity index (χ0) is 17.1. The number of carbonyl (C=O) groups is 1. The van der Waals surface area contributed by atoms with Gasteiger partial charge in [0.25, 0.3) is 0 Å². The van der Waals surface area contributed by atoms with E-state index in [-0.39, 0.29) is 11.9 Å². The fourth-order valence-corrected chi connectivity index (χ4v) is 3.03. The number of hydrazine groups is 1. The van der Waals surface area contributed by atoms with Crippen LogP contribution in [-0.2, 0) is 4.79 Å². The SMILES string of the molecule is CC(Nc1ncnc2ccccc12)C(=O)NCC1C(C)NNC1C. The molecule has 3 rings (SSSR count). The van der Waals surface area contributed by atoms with Crippen LogP contribution in [0, 0.1) is 5.92 Å². The third kappa shape index (κ3) is 3.47. The predicted molar refractivity (Wildman–Crippen MR) is 94.3 cm³/mol. The monoisotopic (exact) mass is 328 g/mol. The first-order valence-electron chi connectivity index (χ1n) is 8.31. The van der Waals surface area contributed by atoms with E-state index < -0.39 is 0 Å². The van der Waals surface area contributed by atoms with E-state index in [2.05, 4.69) is 45.3 Å². The van der Waals surface area contributed by atoms with Crippen LogP contribution < -0.4 is 21.5 Å². The second-order valence-electron chi connectivity index (χ2n) is 6.38. The van der Waals surface area contributed by atoms with E-state index in [1.165, 1.54) is 6.33 Å². The van der Waals surface area contributed by atoms with Crippen molar-refractivity contribution in [2.75, 3.05) is 11.9 Å². The molecule has 1 fully saturated rings. The average Bonchev–Trinajstić information content (AvgIpc) is 2.91. The maximum absolute atomic E-state index is 12.4. The highest BCUT2D eigenvalue weighted by Gasteiger charge is 2.30. The molecule has 7 heteroatoms. The zero-order valence-corrected chi connectivity index (χ0v) is 14.2. The van der Waals surface area contributed by atoms with Crippen LogP contribution in [0.15, 0.2) is 30.6 Å². The van der Waals surface area contributed by atoms with Gasteiger partial charge in [0.2, 0.25) is 5.91 Å². The Labute approximate surface area is 141 Å². The van der Waals surface area contributed by atoms with E-state index in [1.54, 1.807) is 0 Å². The fourth-order valence-electron chi connectivity index (χ4n) is 3.03. The Kier molecular flexibility index (Phi) is 4.92. The van der Waals surface area contributed by atoms with Crippen molar-refractivity contribution in [1.82, 2.24) is 26.1 Å². The van der Waals surface area contributed by atoms with Gasteiger partial charge in [-0.3, -0.25) is 15.6 Å². The summed E-state index contributed by atoms with van der Waals surface area (Å²) in [4.78, 5) is 20.9. The highest BCUT2D eigenvalue weighted by atomic mass is 16.2. The quantitative estimate of drug-likeness (QED) is 0.656. The largest absolute Gasteiger partial charge is 0.358 e. The highest BCUT2D eigenvalue weighted by Crippen LogP contribution is 2.19. The van der Waals surface area contributed by atoms with Gasteiger partial charge in [-0.1, -0.05) is 12.1 Å². The minimum Gasteiger partial charge on any atom is -0.358 e. The second kappa shape index (κ2) is 7.11. The van der Waals surface area contributed by atoms with Crippen LogP contribution in [0.5, 0.6) is 0 Å². The lowest BCUT2D eigenvalue weighted by atomic mass is 9.96. The van der Waals surface area contributed by atoms with Crippen molar-refractivity contribution in [3.05, 3.63) is 30.6 Å². The topological polar surface area (TPSA) is 91.0 Å².